The molecule has 0 saturated carbocycles. The Hall–Kier alpha value is -3.98. The minimum absolute atomic E-state index is 0.00136. The van der Waals surface area contributed by atoms with Crippen LogP contribution in [0, 0.1) is 6.92 Å². The second kappa shape index (κ2) is 9.64. The first-order valence-corrected chi connectivity index (χ1v) is 12.5. The van der Waals surface area contributed by atoms with Crippen molar-refractivity contribution in [1.82, 2.24) is 19.6 Å². The molecule has 39 heavy (non-hydrogen) atoms. The number of nitrogens with one attached hydrogen (secondary N) is 1. The summed E-state index contributed by atoms with van der Waals surface area (Å²) in [6, 6.07) is 10.3. The maximum Gasteiger partial charge on any atom is 0.433 e. The number of nitrogens with two attached hydrogens (primary N) is 1. The van der Waals surface area contributed by atoms with Gasteiger partial charge in [-0.1, -0.05) is 30.3 Å². The van der Waals surface area contributed by atoms with Crippen LogP contribution in [0.15, 0.2) is 46.9 Å². The lowest BCUT2D eigenvalue weighted by molar-refractivity contribution is -0.142. The van der Waals surface area contributed by atoms with Crippen LogP contribution in [-0.4, -0.2) is 31.4 Å². The van der Waals surface area contributed by atoms with Crippen LogP contribution >= 0.6 is 27.3 Å². The molecule has 0 unspecified atom stereocenters. The van der Waals surface area contributed by atoms with Crippen molar-refractivity contribution in [3.63, 3.8) is 0 Å². The number of halogens is 6. The summed E-state index contributed by atoms with van der Waals surface area (Å²) >= 11 is 3.80. The summed E-state index contributed by atoms with van der Waals surface area (Å²) in [5.41, 5.74) is 3.73. The molecule has 0 spiro atoms. The molecule has 0 aliphatic heterocycles. The number of aryl methyl sites for hydroxylation is 1. The first-order chi connectivity index (χ1) is 18.4. The summed E-state index contributed by atoms with van der Waals surface area (Å²) in [5.74, 6) is -1.98. The molecule has 0 fully saturated rings. The molecule has 200 valence electrons. The van der Waals surface area contributed by atoms with Gasteiger partial charge in [0.1, 0.15) is 21.1 Å². The molecule has 5 rings (SSSR count). The number of primary amides is 1. The molecular formula is C24H14BrF5N6O2S. The molecule has 5 aromatic rings. The summed E-state index contributed by atoms with van der Waals surface area (Å²) in [4.78, 5) is 33.5. The fraction of sp³-hybridized carbons (Fsp3) is 0.125. The molecule has 0 aliphatic carbocycles. The van der Waals surface area contributed by atoms with E-state index < -0.39 is 41.5 Å². The van der Waals surface area contributed by atoms with E-state index in [1.54, 1.807) is 30.3 Å². The van der Waals surface area contributed by atoms with Crippen LogP contribution in [0.1, 0.15) is 43.7 Å². The van der Waals surface area contributed by atoms with Gasteiger partial charge in [-0.25, -0.2) is 23.3 Å². The third-order valence-corrected chi connectivity index (χ3v) is 7.45. The molecule has 0 aliphatic rings. The van der Waals surface area contributed by atoms with Crippen LogP contribution in [0.2, 0.25) is 0 Å². The van der Waals surface area contributed by atoms with E-state index in [1.807, 2.05) is 0 Å². The Bertz CT molecular complexity index is 1790. The molecule has 4 heterocycles. The van der Waals surface area contributed by atoms with Gasteiger partial charge in [0.25, 0.3) is 18.2 Å². The van der Waals surface area contributed by atoms with Gasteiger partial charge in [0.2, 0.25) is 0 Å². The van der Waals surface area contributed by atoms with Crippen molar-refractivity contribution in [2.45, 2.75) is 19.5 Å². The number of benzene rings is 1. The number of pyridine rings is 1. The Labute approximate surface area is 227 Å². The topological polar surface area (TPSA) is 115 Å². The van der Waals surface area contributed by atoms with Crippen molar-refractivity contribution >= 4 is 60.6 Å². The van der Waals surface area contributed by atoms with Crippen molar-refractivity contribution in [1.29, 1.82) is 0 Å². The van der Waals surface area contributed by atoms with Crippen molar-refractivity contribution in [2.75, 3.05) is 5.32 Å². The summed E-state index contributed by atoms with van der Waals surface area (Å²) in [5, 5.41) is 6.47. The molecule has 8 nitrogen and oxygen atoms in total. The van der Waals surface area contributed by atoms with E-state index in [4.69, 9.17) is 5.73 Å². The van der Waals surface area contributed by atoms with Gasteiger partial charge >= 0.3 is 6.18 Å². The summed E-state index contributed by atoms with van der Waals surface area (Å²) in [6.07, 6.45) is -7.73. The largest absolute Gasteiger partial charge is 0.433 e. The van der Waals surface area contributed by atoms with E-state index in [0.29, 0.717) is 21.4 Å². The quantitative estimate of drug-likeness (QED) is 0.220. The average Bonchev–Trinajstić information content (AvgIpc) is 3.41. The highest BCUT2D eigenvalue weighted by atomic mass is 79.9. The third kappa shape index (κ3) is 4.71. The fourth-order valence-corrected chi connectivity index (χ4v) is 5.53. The zero-order valence-corrected chi connectivity index (χ0v) is 21.9. The van der Waals surface area contributed by atoms with Crippen molar-refractivity contribution in [3.05, 3.63) is 74.6 Å². The number of anilines is 1. The number of alkyl halides is 5. The summed E-state index contributed by atoms with van der Waals surface area (Å²) in [7, 11) is 0. The van der Waals surface area contributed by atoms with Crippen LogP contribution in [0.5, 0.6) is 0 Å². The first kappa shape index (κ1) is 26.6. The van der Waals surface area contributed by atoms with E-state index in [-0.39, 0.29) is 42.2 Å². The van der Waals surface area contributed by atoms with Gasteiger partial charge in [0, 0.05) is 11.1 Å². The normalized spacial score (nSPS) is 12.0. The number of nitrogens with zero attached hydrogens (tertiary/aromatic N) is 4. The Morgan fingerprint density at radius 2 is 1.82 bits per heavy atom. The first-order valence-electron chi connectivity index (χ1n) is 10.9. The molecule has 0 atom stereocenters. The molecule has 4 aromatic heterocycles. The lowest BCUT2D eigenvalue weighted by Crippen LogP contribution is -2.18. The van der Waals surface area contributed by atoms with E-state index >= 15 is 0 Å². The Kier molecular flexibility index (Phi) is 6.58. The highest BCUT2D eigenvalue weighted by Crippen LogP contribution is 2.43. The number of hydrogen-bond donors (Lipinski definition) is 2. The van der Waals surface area contributed by atoms with Gasteiger partial charge < -0.3 is 11.1 Å². The van der Waals surface area contributed by atoms with Crippen LogP contribution in [-0.2, 0) is 6.18 Å². The van der Waals surface area contributed by atoms with Gasteiger partial charge in [-0.05, 0) is 46.1 Å². The zero-order chi connectivity index (χ0) is 28.2. The number of carbonyl (C=O) groups is 2. The second-order valence-corrected chi connectivity index (χ2v) is 10.0. The van der Waals surface area contributed by atoms with Gasteiger partial charge in [0.15, 0.2) is 11.3 Å². The van der Waals surface area contributed by atoms with Gasteiger partial charge in [-0.15, -0.1) is 11.3 Å². The van der Waals surface area contributed by atoms with Crippen LogP contribution in [0.3, 0.4) is 0 Å². The third-order valence-electron chi connectivity index (χ3n) is 5.62. The fourth-order valence-electron chi connectivity index (χ4n) is 4.00. The van der Waals surface area contributed by atoms with Gasteiger partial charge in [-0.2, -0.15) is 18.3 Å². The summed E-state index contributed by atoms with van der Waals surface area (Å²) < 4.78 is 68.6. The number of amides is 2. The minimum atomic E-state index is -4.80. The van der Waals surface area contributed by atoms with Crippen LogP contribution in [0.4, 0.5) is 27.6 Å². The van der Waals surface area contributed by atoms with Gasteiger partial charge in [-0.3, -0.25) is 9.59 Å². The SMILES string of the molecule is Cc1cc(C(F)(F)F)n2nc(C(=O)Nc3c(C(N)=O)sc4nc(C(F)F)cc(-c5ccccc5)c34)c(Br)c2n1. The van der Waals surface area contributed by atoms with Gasteiger partial charge in [0.05, 0.1) is 10.2 Å². The predicted molar refractivity (Wildman–Crippen MR) is 137 cm³/mol. The molecule has 15 heteroatoms. The number of aromatic nitrogens is 4. The van der Waals surface area contributed by atoms with E-state index in [9.17, 15) is 31.5 Å². The zero-order valence-electron chi connectivity index (χ0n) is 19.5. The number of fused-ring (bicyclic) bond motifs is 2. The maximum absolute atomic E-state index is 13.7. The predicted octanol–water partition coefficient (Wildman–Crippen LogP) is 6.38. The van der Waals surface area contributed by atoms with Crippen LogP contribution in [0.25, 0.3) is 27.0 Å². The lowest BCUT2D eigenvalue weighted by atomic mass is 10.0. The minimum Gasteiger partial charge on any atom is -0.365 e. The monoisotopic (exact) mass is 624 g/mol. The second-order valence-electron chi connectivity index (χ2n) is 8.24. The molecule has 0 saturated heterocycles. The maximum atomic E-state index is 13.7. The number of thiophene rings is 1. The highest BCUT2D eigenvalue weighted by molar-refractivity contribution is 9.10. The molecule has 3 N–H and O–H groups in total. The molecule has 0 bridgehead atoms. The van der Waals surface area contributed by atoms with E-state index in [0.717, 1.165) is 12.1 Å². The molecule has 2 amide bonds. The highest BCUT2D eigenvalue weighted by Gasteiger charge is 2.36. The number of hydrogen-bond acceptors (Lipinski definition) is 6. The lowest BCUT2D eigenvalue weighted by Gasteiger charge is -2.10. The van der Waals surface area contributed by atoms with E-state index in [2.05, 4.69) is 36.3 Å². The molecule has 1 aromatic carbocycles. The smallest absolute Gasteiger partial charge is 0.365 e. The van der Waals surface area contributed by atoms with Crippen molar-refractivity contribution in [2.24, 2.45) is 5.73 Å². The standard InChI is InChI=1S/C24H14BrF5N6O2S/c1-9-7-13(24(28,29)30)36-21(32-9)15(25)17(35-36)22(38)34-16-14-11(10-5-3-2-4-6-10)8-12(19(26)27)33-23(14)39-18(16)20(31)37/h2-8,19H,1H3,(H2,31,37)(H,34,38). The van der Waals surface area contributed by atoms with Crippen molar-refractivity contribution < 1.29 is 31.5 Å². The summed E-state index contributed by atoms with van der Waals surface area (Å²) in [6.45, 7) is 1.36. The Morgan fingerprint density at radius 3 is 2.44 bits per heavy atom. The molecule has 0 radical (unpaired) electrons. The number of rotatable bonds is 5. The average molecular weight is 625 g/mol. The van der Waals surface area contributed by atoms with Crippen molar-refractivity contribution in [3.8, 4) is 11.1 Å². The molecular weight excluding hydrogens is 611 g/mol. The van der Waals surface area contributed by atoms with Crippen LogP contribution < -0.4 is 11.1 Å². The van der Waals surface area contributed by atoms with E-state index in [1.165, 1.54) is 6.92 Å². The Morgan fingerprint density at radius 1 is 1.13 bits per heavy atom. The Balaban J connectivity index is 1.71. The number of carbonyl (C=O) groups excluding carboxylic acids is 2.